The molecule has 0 atom stereocenters. The number of alkyl carbamates (subject to hydrolysis) is 3. The molecule has 0 bridgehead atoms. The van der Waals surface area contributed by atoms with Gasteiger partial charge in [0.15, 0.2) is 0 Å². The molecule has 0 unspecified atom stereocenters. The molecule has 0 rings (SSSR count). The molecule has 3 amide bonds. The Bertz CT molecular complexity index is 526. The summed E-state index contributed by atoms with van der Waals surface area (Å²) in [5.41, 5.74) is -0.505. The van der Waals surface area contributed by atoms with Gasteiger partial charge < -0.3 is 30.2 Å². The van der Waals surface area contributed by atoms with Crippen LogP contribution in [0.15, 0.2) is 0 Å². The van der Waals surface area contributed by atoms with Crippen LogP contribution in [0.2, 0.25) is 0 Å². The van der Waals surface area contributed by atoms with Gasteiger partial charge in [0.05, 0.1) is 0 Å². The number of hydrogen-bond acceptors (Lipinski definition) is 7. The Balaban J connectivity index is 4.25. The molecule has 0 aliphatic rings. The van der Waals surface area contributed by atoms with Gasteiger partial charge >= 0.3 is 18.3 Å². The zero-order valence-corrected chi connectivity index (χ0v) is 22.0. The second-order valence-corrected chi connectivity index (χ2v) is 9.16. The predicted molar refractivity (Wildman–Crippen MR) is 133 cm³/mol. The molecule has 0 heterocycles. The minimum Gasteiger partial charge on any atom is -0.448 e. The van der Waals surface area contributed by atoms with E-state index in [-0.39, 0.29) is 13.2 Å². The summed E-state index contributed by atoms with van der Waals surface area (Å²) in [6.45, 7) is 13.8. The van der Waals surface area contributed by atoms with Crippen molar-refractivity contribution in [2.45, 2.75) is 85.2 Å². The smallest absolute Gasteiger partial charge is 0.407 e. The lowest BCUT2D eigenvalue weighted by Gasteiger charge is -2.22. The average Bonchev–Trinajstić information content (AvgIpc) is 2.74. The van der Waals surface area contributed by atoms with E-state index in [4.69, 9.17) is 14.2 Å². The molecule has 3 N–H and O–H groups in total. The topological polar surface area (TPSA) is 118 Å². The van der Waals surface area contributed by atoms with E-state index in [0.29, 0.717) is 32.7 Å². The Morgan fingerprint density at radius 1 is 0.647 bits per heavy atom. The van der Waals surface area contributed by atoms with Gasteiger partial charge in [-0.1, -0.05) is 33.1 Å². The van der Waals surface area contributed by atoms with Crippen molar-refractivity contribution in [2.24, 2.45) is 0 Å². The molecule has 0 aromatic carbocycles. The summed E-state index contributed by atoms with van der Waals surface area (Å²) in [5, 5.41) is 8.21. The van der Waals surface area contributed by atoms with Crippen LogP contribution in [-0.2, 0) is 14.2 Å². The first-order chi connectivity index (χ1) is 16.2. The lowest BCUT2D eigenvalue weighted by molar-refractivity contribution is 0.0526. The quantitative estimate of drug-likeness (QED) is 0.197. The van der Waals surface area contributed by atoms with Crippen molar-refractivity contribution < 1.29 is 28.6 Å². The number of amides is 3. The maximum atomic E-state index is 11.7. The first kappa shape index (κ1) is 31.8. The molecule has 0 aliphatic carbocycles. The average molecular weight is 489 g/mol. The van der Waals surface area contributed by atoms with E-state index in [1.165, 1.54) is 0 Å². The highest BCUT2D eigenvalue weighted by molar-refractivity contribution is 5.67. The summed E-state index contributed by atoms with van der Waals surface area (Å²) in [6.07, 6.45) is 5.29. The molecule has 0 aromatic rings. The Kier molecular flexibility index (Phi) is 18.8. The van der Waals surface area contributed by atoms with Crippen molar-refractivity contribution in [3.8, 4) is 0 Å². The van der Waals surface area contributed by atoms with E-state index in [1.807, 2.05) is 20.8 Å². The van der Waals surface area contributed by atoms with Crippen molar-refractivity contribution in [3.05, 3.63) is 0 Å². The maximum Gasteiger partial charge on any atom is 0.407 e. The molecule has 0 spiro atoms. The highest BCUT2D eigenvalue weighted by Gasteiger charge is 2.15. The molecule has 0 radical (unpaired) electrons. The van der Waals surface area contributed by atoms with E-state index in [0.717, 1.165) is 51.5 Å². The third-order valence-corrected chi connectivity index (χ3v) is 4.70. The van der Waals surface area contributed by atoms with Gasteiger partial charge in [0.25, 0.3) is 0 Å². The van der Waals surface area contributed by atoms with Gasteiger partial charge in [0, 0.05) is 32.7 Å². The highest BCUT2D eigenvalue weighted by Crippen LogP contribution is 2.06. The zero-order chi connectivity index (χ0) is 25.7. The largest absolute Gasteiger partial charge is 0.448 e. The zero-order valence-electron chi connectivity index (χ0n) is 22.0. The number of nitrogens with zero attached hydrogens (tertiary/aromatic N) is 1. The van der Waals surface area contributed by atoms with E-state index in [9.17, 15) is 14.4 Å². The number of ether oxygens (including phenoxy) is 3. The molecule has 0 aliphatic heterocycles. The molecule has 0 saturated heterocycles. The Morgan fingerprint density at radius 2 is 1.12 bits per heavy atom. The second kappa shape index (κ2) is 20.2. The molecule has 200 valence electrons. The molecule has 0 fully saturated rings. The molecule has 10 heteroatoms. The van der Waals surface area contributed by atoms with Crippen LogP contribution in [0.25, 0.3) is 0 Å². The van der Waals surface area contributed by atoms with E-state index >= 15 is 0 Å². The van der Waals surface area contributed by atoms with E-state index in [1.54, 1.807) is 0 Å². The molecule has 0 aromatic heterocycles. The summed E-state index contributed by atoms with van der Waals surface area (Å²) in [6, 6.07) is 0. The standard InChI is InChI=1S/C24H48N4O6/c1-6-8-13-25-21(29)32-19-17-28(18-20-33-22(30)26-14-9-7-2)16-12-10-11-15-27-23(31)34-24(3,4)5/h6-20H2,1-5H3,(H,25,29)(H,26,30)(H,27,31). The third kappa shape index (κ3) is 21.6. The fourth-order valence-electron chi connectivity index (χ4n) is 2.85. The fourth-order valence-corrected chi connectivity index (χ4v) is 2.85. The molecular formula is C24H48N4O6. The van der Waals surface area contributed by atoms with Gasteiger partial charge in [0.2, 0.25) is 0 Å². The van der Waals surface area contributed by atoms with Crippen molar-refractivity contribution >= 4 is 18.3 Å². The second-order valence-electron chi connectivity index (χ2n) is 9.16. The van der Waals surface area contributed by atoms with Gasteiger partial charge in [-0.2, -0.15) is 0 Å². The van der Waals surface area contributed by atoms with Crippen LogP contribution < -0.4 is 16.0 Å². The number of carbonyl (C=O) groups is 3. The summed E-state index contributed by atoms with van der Waals surface area (Å²) < 4.78 is 15.7. The van der Waals surface area contributed by atoms with Crippen LogP contribution in [0.3, 0.4) is 0 Å². The molecular weight excluding hydrogens is 440 g/mol. The summed E-state index contributed by atoms with van der Waals surface area (Å²) in [4.78, 5) is 37.2. The Labute approximate surface area is 205 Å². The van der Waals surface area contributed by atoms with Crippen LogP contribution in [-0.4, -0.2) is 81.3 Å². The molecule has 10 nitrogen and oxygen atoms in total. The molecule has 34 heavy (non-hydrogen) atoms. The SMILES string of the molecule is CCCCNC(=O)OCCN(CCCCCNC(=O)OC(C)(C)C)CCOC(=O)NCCCC. The normalized spacial score (nSPS) is 11.1. The van der Waals surface area contributed by atoms with Crippen LogP contribution in [0.1, 0.15) is 79.6 Å². The van der Waals surface area contributed by atoms with Crippen LogP contribution >= 0.6 is 0 Å². The minimum atomic E-state index is -0.505. The van der Waals surface area contributed by atoms with Gasteiger partial charge in [-0.15, -0.1) is 0 Å². The van der Waals surface area contributed by atoms with Crippen LogP contribution in [0.4, 0.5) is 14.4 Å². The van der Waals surface area contributed by atoms with Crippen molar-refractivity contribution in [3.63, 3.8) is 0 Å². The Morgan fingerprint density at radius 3 is 1.59 bits per heavy atom. The first-order valence-corrected chi connectivity index (χ1v) is 12.7. The number of nitrogens with one attached hydrogen (secondary N) is 3. The highest BCUT2D eigenvalue weighted by atomic mass is 16.6. The van der Waals surface area contributed by atoms with Crippen molar-refractivity contribution in [1.29, 1.82) is 0 Å². The number of rotatable bonds is 18. The number of unbranched alkanes of at least 4 members (excludes halogenated alkanes) is 4. The summed E-state index contributed by atoms with van der Waals surface area (Å²) in [7, 11) is 0. The van der Waals surface area contributed by atoms with Crippen molar-refractivity contribution in [1.82, 2.24) is 20.9 Å². The van der Waals surface area contributed by atoms with E-state index in [2.05, 4.69) is 34.7 Å². The number of carbonyl (C=O) groups excluding carboxylic acids is 3. The van der Waals surface area contributed by atoms with Gasteiger partial charge in [-0.05, 0) is 53.0 Å². The Hall–Kier alpha value is -2.23. The monoisotopic (exact) mass is 488 g/mol. The summed E-state index contributed by atoms with van der Waals surface area (Å²) >= 11 is 0. The van der Waals surface area contributed by atoms with Crippen LogP contribution in [0, 0.1) is 0 Å². The lowest BCUT2D eigenvalue weighted by Crippen LogP contribution is -2.35. The predicted octanol–water partition coefficient (Wildman–Crippen LogP) is 4.04. The van der Waals surface area contributed by atoms with Crippen LogP contribution in [0.5, 0.6) is 0 Å². The van der Waals surface area contributed by atoms with Crippen molar-refractivity contribution in [2.75, 3.05) is 52.5 Å². The third-order valence-electron chi connectivity index (χ3n) is 4.70. The van der Waals surface area contributed by atoms with E-state index < -0.39 is 23.9 Å². The summed E-state index contributed by atoms with van der Waals surface area (Å²) in [5.74, 6) is 0. The number of hydrogen-bond donors (Lipinski definition) is 3. The van der Waals surface area contributed by atoms with Gasteiger partial charge in [0.1, 0.15) is 18.8 Å². The van der Waals surface area contributed by atoms with Gasteiger partial charge in [-0.25, -0.2) is 14.4 Å². The minimum absolute atomic E-state index is 0.265. The maximum absolute atomic E-state index is 11.7. The van der Waals surface area contributed by atoms with Gasteiger partial charge in [-0.3, -0.25) is 4.90 Å². The lowest BCUT2D eigenvalue weighted by atomic mass is 10.2. The molecule has 0 saturated carbocycles. The fraction of sp³-hybridized carbons (Fsp3) is 0.875. The first-order valence-electron chi connectivity index (χ1n) is 12.7.